The number of aromatic nitrogens is 2. The molecule has 1 heterocycles. The van der Waals surface area contributed by atoms with E-state index in [0.717, 1.165) is 17.9 Å². The molecule has 0 saturated heterocycles. The van der Waals surface area contributed by atoms with Gasteiger partial charge < -0.3 is 10.6 Å². The zero-order valence-corrected chi connectivity index (χ0v) is 12.1. The summed E-state index contributed by atoms with van der Waals surface area (Å²) in [7, 11) is 4.07. The quantitative estimate of drug-likeness (QED) is 0.915. The molecule has 102 valence electrons. The summed E-state index contributed by atoms with van der Waals surface area (Å²) in [6, 6.07) is 8.37. The molecule has 2 aromatic rings. The molecule has 0 saturated carbocycles. The minimum atomic E-state index is 0.640. The number of nitrogens with zero attached hydrogens (tertiary/aromatic N) is 3. The van der Waals surface area contributed by atoms with Crippen LogP contribution >= 0.6 is 0 Å². The van der Waals surface area contributed by atoms with Crippen molar-refractivity contribution in [3.63, 3.8) is 0 Å². The number of para-hydroxylation sites is 1. The van der Waals surface area contributed by atoms with Crippen LogP contribution in [0, 0.1) is 13.8 Å². The molecule has 0 fully saturated rings. The number of anilines is 2. The van der Waals surface area contributed by atoms with Crippen molar-refractivity contribution in [2.45, 2.75) is 20.3 Å². The van der Waals surface area contributed by atoms with E-state index in [2.05, 4.69) is 48.2 Å². The van der Waals surface area contributed by atoms with Crippen LogP contribution in [0.2, 0.25) is 0 Å². The molecule has 2 N–H and O–H groups in total. The number of hydrogen-bond acceptors (Lipinski definition) is 3. The second-order valence-corrected chi connectivity index (χ2v) is 4.90. The fraction of sp³-hybridized carbons (Fsp3) is 0.400. The van der Waals surface area contributed by atoms with Gasteiger partial charge in [0.05, 0.1) is 5.69 Å². The monoisotopic (exact) mass is 258 g/mol. The van der Waals surface area contributed by atoms with Crippen molar-refractivity contribution in [3.05, 3.63) is 41.1 Å². The Kier molecular flexibility index (Phi) is 3.90. The van der Waals surface area contributed by atoms with Crippen LogP contribution in [0.25, 0.3) is 0 Å². The summed E-state index contributed by atoms with van der Waals surface area (Å²) >= 11 is 0. The van der Waals surface area contributed by atoms with Crippen molar-refractivity contribution in [3.8, 4) is 0 Å². The number of hydrogen-bond donors (Lipinski definition) is 1. The Bertz CT molecular complexity index is 572. The summed E-state index contributed by atoms with van der Waals surface area (Å²) in [6.07, 6.45) is 0.852. The predicted octanol–water partition coefficient (Wildman–Crippen LogP) is 2.31. The van der Waals surface area contributed by atoms with Crippen LogP contribution in [0.15, 0.2) is 24.3 Å². The fourth-order valence-electron chi connectivity index (χ4n) is 2.60. The van der Waals surface area contributed by atoms with Crippen molar-refractivity contribution in [1.82, 2.24) is 9.78 Å². The van der Waals surface area contributed by atoms with Crippen LogP contribution in [0.5, 0.6) is 0 Å². The van der Waals surface area contributed by atoms with Crippen LogP contribution < -0.4 is 10.6 Å². The fourth-order valence-corrected chi connectivity index (χ4v) is 2.60. The van der Waals surface area contributed by atoms with Crippen LogP contribution in [-0.2, 0) is 13.5 Å². The summed E-state index contributed by atoms with van der Waals surface area (Å²) in [6.45, 7) is 4.80. The van der Waals surface area contributed by atoms with Gasteiger partial charge in [0.15, 0.2) is 0 Å². The number of rotatable bonds is 4. The molecule has 1 aromatic heterocycles. The van der Waals surface area contributed by atoms with Crippen molar-refractivity contribution >= 4 is 11.5 Å². The molecule has 4 nitrogen and oxygen atoms in total. The molecule has 0 spiro atoms. The molecule has 0 aliphatic heterocycles. The van der Waals surface area contributed by atoms with E-state index >= 15 is 0 Å². The van der Waals surface area contributed by atoms with E-state index < -0.39 is 0 Å². The van der Waals surface area contributed by atoms with Crippen LogP contribution in [0.3, 0.4) is 0 Å². The molecule has 0 radical (unpaired) electrons. The molecule has 0 atom stereocenters. The zero-order valence-electron chi connectivity index (χ0n) is 12.1. The Balaban J connectivity index is 2.49. The lowest BCUT2D eigenvalue weighted by atomic mass is 10.1. The minimum absolute atomic E-state index is 0.640. The van der Waals surface area contributed by atoms with Gasteiger partial charge in [0.25, 0.3) is 0 Å². The van der Waals surface area contributed by atoms with Gasteiger partial charge in [-0.15, -0.1) is 0 Å². The van der Waals surface area contributed by atoms with E-state index in [9.17, 15) is 0 Å². The molecule has 1 aromatic carbocycles. The maximum absolute atomic E-state index is 5.72. The molecule has 0 aliphatic carbocycles. The van der Waals surface area contributed by atoms with Crippen LogP contribution in [0.1, 0.15) is 16.8 Å². The smallest absolute Gasteiger partial charge is 0.134 e. The Morgan fingerprint density at radius 1 is 1.26 bits per heavy atom. The SMILES string of the molecule is Cc1ccccc1N(C)c1c(CCN)c(C)nn1C. The van der Waals surface area contributed by atoms with Crippen LogP contribution in [0.4, 0.5) is 11.5 Å². The van der Waals surface area contributed by atoms with Crippen LogP contribution in [-0.4, -0.2) is 23.4 Å². The molecule has 0 bridgehead atoms. The third-order valence-electron chi connectivity index (χ3n) is 3.50. The Morgan fingerprint density at radius 3 is 2.58 bits per heavy atom. The van der Waals surface area contributed by atoms with Gasteiger partial charge in [-0.25, -0.2) is 0 Å². The first-order valence-electron chi connectivity index (χ1n) is 6.58. The summed E-state index contributed by atoms with van der Waals surface area (Å²) in [5.41, 5.74) is 10.5. The van der Waals surface area contributed by atoms with Gasteiger partial charge in [0, 0.05) is 25.3 Å². The predicted molar refractivity (Wildman–Crippen MR) is 79.9 cm³/mol. The van der Waals surface area contributed by atoms with Crippen molar-refractivity contribution in [2.75, 3.05) is 18.5 Å². The van der Waals surface area contributed by atoms with Gasteiger partial charge in [0.2, 0.25) is 0 Å². The number of nitrogens with two attached hydrogens (primary N) is 1. The standard InChI is InChI=1S/C15H22N4/c1-11-7-5-6-8-14(11)18(3)15-13(9-10-16)12(2)17-19(15)4/h5-8H,9-10,16H2,1-4H3. The first-order valence-corrected chi connectivity index (χ1v) is 6.58. The molecule has 0 unspecified atom stereocenters. The zero-order chi connectivity index (χ0) is 14.0. The Hall–Kier alpha value is -1.81. The Labute approximate surface area is 114 Å². The topological polar surface area (TPSA) is 47.1 Å². The highest BCUT2D eigenvalue weighted by Gasteiger charge is 2.18. The van der Waals surface area contributed by atoms with Crippen molar-refractivity contribution in [2.24, 2.45) is 12.8 Å². The molecule has 2 rings (SSSR count). The lowest BCUT2D eigenvalue weighted by Gasteiger charge is -2.23. The summed E-state index contributed by atoms with van der Waals surface area (Å²) < 4.78 is 1.94. The largest absolute Gasteiger partial charge is 0.330 e. The van der Waals surface area contributed by atoms with Gasteiger partial charge in [-0.1, -0.05) is 18.2 Å². The molecular formula is C15H22N4. The van der Waals surface area contributed by atoms with E-state index in [1.165, 1.54) is 16.8 Å². The minimum Gasteiger partial charge on any atom is -0.330 e. The van der Waals surface area contributed by atoms with Crippen molar-refractivity contribution < 1.29 is 0 Å². The average Bonchev–Trinajstić information content (AvgIpc) is 2.65. The highest BCUT2D eigenvalue weighted by molar-refractivity contribution is 5.66. The molecule has 19 heavy (non-hydrogen) atoms. The maximum Gasteiger partial charge on any atom is 0.134 e. The van der Waals surface area contributed by atoms with Gasteiger partial charge in [-0.3, -0.25) is 4.68 Å². The third-order valence-corrected chi connectivity index (χ3v) is 3.50. The highest BCUT2D eigenvalue weighted by atomic mass is 15.4. The van der Waals surface area contributed by atoms with E-state index in [4.69, 9.17) is 5.73 Å². The van der Waals surface area contributed by atoms with E-state index in [1.807, 2.05) is 18.7 Å². The van der Waals surface area contributed by atoms with Gasteiger partial charge >= 0.3 is 0 Å². The summed E-state index contributed by atoms with van der Waals surface area (Å²) in [5.74, 6) is 1.12. The maximum atomic E-state index is 5.72. The van der Waals surface area contributed by atoms with Gasteiger partial charge in [0.1, 0.15) is 5.82 Å². The third kappa shape index (κ3) is 2.49. The Morgan fingerprint density at radius 2 is 1.95 bits per heavy atom. The van der Waals surface area contributed by atoms with E-state index in [1.54, 1.807) is 0 Å². The van der Waals surface area contributed by atoms with Crippen molar-refractivity contribution in [1.29, 1.82) is 0 Å². The lowest BCUT2D eigenvalue weighted by Crippen LogP contribution is -2.17. The summed E-state index contributed by atoms with van der Waals surface area (Å²) in [4.78, 5) is 2.19. The highest BCUT2D eigenvalue weighted by Crippen LogP contribution is 2.30. The van der Waals surface area contributed by atoms with E-state index in [-0.39, 0.29) is 0 Å². The summed E-state index contributed by atoms with van der Waals surface area (Å²) in [5, 5.41) is 4.53. The number of aryl methyl sites for hydroxylation is 3. The normalized spacial score (nSPS) is 10.8. The molecule has 4 heteroatoms. The second-order valence-electron chi connectivity index (χ2n) is 4.90. The second kappa shape index (κ2) is 5.45. The lowest BCUT2D eigenvalue weighted by molar-refractivity contribution is 0.750. The first-order chi connectivity index (χ1) is 9.06. The molecular weight excluding hydrogens is 236 g/mol. The molecule has 0 amide bonds. The molecule has 0 aliphatic rings. The van der Waals surface area contributed by atoms with Gasteiger partial charge in [-0.2, -0.15) is 5.10 Å². The van der Waals surface area contributed by atoms with Gasteiger partial charge in [-0.05, 0) is 38.4 Å². The first kappa shape index (κ1) is 13.6. The average molecular weight is 258 g/mol. The number of benzene rings is 1. The van der Waals surface area contributed by atoms with E-state index in [0.29, 0.717) is 6.54 Å².